The minimum absolute atomic E-state index is 0.0145. The number of nitrogens with one attached hydrogen (secondary N) is 1. The molecule has 1 aliphatic carbocycles. The molecule has 2 aromatic carbocycles. The van der Waals surface area contributed by atoms with Crippen LogP contribution in [0.25, 0.3) is 0 Å². The predicted octanol–water partition coefficient (Wildman–Crippen LogP) is 3.63. The van der Waals surface area contributed by atoms with Gasteiger partial charge in [0, 0.05) is 11.6 Å². The number of rotatable bonds is 6. The van der Waals surface area contributed by atoms with Gasteiger partial charge in [-0.2, -0.15) is 0 Å². The number of hydrogen-bond acceptors (Lipinski definition) is 5. The number of phenols is 1. The van der Waals surface area contributed by atoms with Gasteiger partial charge in [-0.25, -0.2) is 0 Å². The van der Waals surface area contributed by atoms with Gasteiger partial charge in [-0.05, 0) is 24.0 Å². The Morgan fingerprint density at radius 1 is 0.971 bits per heavy atom. The number of carbonyl (C=O) groups excluding carboxylic acids is 2. The molecule has 2 aromatic rings. The van der Waals surface area contributed by atoms with Crippen molar-refractivity contribution in [1.82, 2.24) is 10.2 Å². The second-order valence-corrected chi connectivity index (χ2v) is 9.92. The van der Waals surface area contributed by atoms with E-state index < -0.39 is 35.3 Å². The molecule has 5 rings (SSSR count). The number of para-hydroxylation sites is 1. The topological polar surface area (TPSA) is 107 Å². The molecule has 4 unspecified atom stereocenters. The van der Waals surface area contributed by atoms with Crippen molar-refractivity contribution in [3.05, 3.63) is 65.7 Å². The first-order valence-corrected chi connectivity index (χ1v) is 12.1. The van der Waals surface area contributed by atoms with E-state index in [9.17, 15) is 24.6 Å². The van der Waals surface area contributed by atoms with E-state index in [1.165, 1.54) is 11.0 Å². The van der Waals surface area contributed by atoms with Crippen LogP contribution in [0, 0.1) is 17.8 Å². The fourth-order valence-corrected chi connectivity index (χ4v) is 6.32. The first-order valence-electron chi connectivity index (χ1n) is 12.1. The summed E-state index contributed by atoms with van der Waals surface area (Å²) in [6.45, 7) is 0.109. The number of aromatic hydroxyl groups is 1. The van der Waals surface area contributed by atoms with Crippen molar-refractivity contribution < 1.29 is 24.6 Å². The van der Waals surface area contributed by atoms with Crippen LogP contribution in [-0.4, -0.2) is 38.4 Å². The van der Waals surface area contributed by atoms with Crippen molar-refractivity contribution in [2.75, 3.05) is 0 Å². The van der Waals surface area contributed by atoms with Crippen molar-refractivity contribution in [2.24, 2.45) is 17.8 Å². The van der Waals surface area contributed by atoms with E-state index in [1.54, 1.807) is 18.2 Å². The highest BCUT2D eigenvalue weighted by Gasteiger charge is 2.68. The lowest BCUT2D eigenvalue weighted by Gasteiger charge is -2.35. The summed E-state index contributed by atoms with van der Waals surface area (Å²) in [6.07, 6.45) is 5.37. The molecule has 7 heteroatoms. The van der Waals surface area contributed by atoms with Crippen LogP contribution in [0.15, 0.2) is 54.6 Å². The number of fused-ring (bicyclic) bond motifs is 1. The Morgan fingerprint density at radius 2 is 1.65 bits per heavy atom. The molecule has 0 spiro atoms. The van der Waals surface area contributed by atoms with Crippen molar-refractivity contribution in [2.45, 2.75) is 56.7 Å². The number of carbonyl (C=O) groups is 3. The molecule has 3 N–H and O–H groups in total. The summed E-state index contributed by atoms with van der Waals surface area (Å²) >= 11 is 0. The number of carboxylic acids is 1. The number of nitrogens with zero attached hydrogens (tertiary/aromatic N) is 1. The third kappa shape index (κ3) is 3.68. The van der Waals surface area contributed by atoms with Crippen LogP contribution in [0.5, 0.6) is 5.75 Å². The molecule has 0 bridgehead atoms. The van der Waals surface area contributed by atoms with Crippen LogP contribution in [0.4, 0.5) is 0 Å². The van der Waals surface area contributed by atoms with Gasteiger partial charge in [-0.15, -0.1) is 0 Å². The number of likely N-dealkylation sites (tertiary alicyclic amines) is 1. The number of benzene rings is 2. The van der Waals surface area contributed by atoms with Crippen molar-refractivity contribution in [3.63, 3.8) is 0 Å². The number of aliphatic carboxylic acids is 1. The van der Waals surface area contributed by atoms with Gasteiger partial charge in [0.1, 0.15) is 11.3 Å². The summed E-state index contributed by atoms with van der Waals surface area (Å²) in [6, 6.07) is 15.1. The van der Waals surface area contributed by atoms with E-state index in [4.69, 9.17) is 0 Å². The SMILES string of the molecule is O=C1C2C(c3ccccc3O)NC(CC3CCCCC3)(C(=O)O)C2C(=O)N1Cc1ccccc1. The highest BCUT2D eigenvalue weighted by molar-refractivity contribution is 6.09. The molecule has 2 saturated heterocycles. The summed E-state index contributed by atoms with van der Waals surface area (Å²) in [7, 11) is 0. The molecule has 2 amide bonds. The minimum atomic E-state index is -1.56. The zero-order valence-electron chi connectivity index (χ0n) is 19.0. The zero-order valence-corrected chi connectivity index (χ0v) is 19.0. The molecular weight excluding hydrogens is 432 g/mol. The van der Waals surface area contributed by atoms with Crippen LogP contribution in [0.2, 0.25) is 0 Å². The molecule has 3 fully saturated rings. The van der Waals surface area contributed by atoms with Gasteiger partial charge in [0.25, 0.3) is 0 Å². The number of carboxylic acid groups (broad SMARTS) is 1. The molecule has 2 aliphatic heterocycles. The minimum Gasteiger partial charge on any atom is -0.508 e. The number of hydrogen-bond donors (Lipinski definition) is 3. The summed E-state index contributed by atoms with van der Waals surface area (Å²) in [4.78, 5) is 41.6. The quantitative estimate of drug-likeness (QED) is 0.566. The molecule has 2 heterocycles. The molecule has 7 nitrogen and oxygen atoms in total. The first kappa shape index (κ1) is 22.6. The zero-order chi connectivity index (χ0) is 23.9. The molecule has 3 aliphatic rings. The van der Waals surface area contributed by atoms with Crippen LogP contribution < -0.4 is 5.32 Å². The van der Waals surface area contributed by atoms with E-state index in [0.717, 1.165) is 37.7 Å². The lowest BCUT2D eigenvalue weighted by Crippen LogP contribution is -2.56. The van der Waals surface area contributed by atoms with E-state index in [1.807, 2.05) is 30.3 Å². The molecular formula is C27H30N2O5. The third-order valence-corrected chi connectivity index (χ3v) is 7.92. The molecule has 4 atom stereocenters. The Morgan fingerprint density at radius 3 is 2.32 bits per heavy atom. The van der Waals surface area contributed by atoms with Gasteiger partial charge in [-0.3, -0.25) is 24.6 Å². The average Bonchev–Trinajstić information content (AvgIpc) is 3.31. The maximum atomic E-state index is 13.8. The fraction of sp³-hybridized carbons (Fsp3) is 0.444. The maximum Gasteiger partial charge on any atom is 0.324 e. The van der Waals surface area contributed by atoms with Crippen LogP contribution >= 0.6 is 0 Å². The van der Waals surface area contributed by atoms with Gasteiger partial charge in [0.05, 0.1) is 18.4 Å². The van der Waals surface area contributed by atoms with Gasteiger partial charge in [0.15, 0.2) is 0 Å². The Labute approximate surface area is 198 Å². The van der Waals surface area contributed by atoms with Crippen molar-refractivity contribution in [3.8, 4) is 5.75 Å². The summed E-state index contributed by atoms with van der Waals surface area (Å²) in [5.41, 5.74) is -0.297. The second kappa shape index (κ2) is 8.87. The molecule has 178 valence electrons. The van der Waals surface area contributed by atoms with Gasteiger partial charge < -0.3 is 10.2 Å². The number of imide groups is 1. The van der Waals surface area contributed by atoms with E-state index in [2.05, 4.69) is 5.32 Å². The first-order chi connectivity index (χ1) is 16.4. The summed E-state index contributed by atoms with van der Waals surface area (Å²) in [5, 5.41) is 24.4. The third-order valence-electron chi connectivity index (χ3n) is 7.92. The second-order valence-electron chi connectivity index (χ2n) is 9.92. The van der Waals surface area contributed by atoms with Crippen LogP contribution in [-0.2, 0) is 20.9 Å². The van der Waals surface area contributed by atoms with Gasteiger partial charge in [0.2, 0.25) is 11.8 Å². The number of phenolic OH excluding ortho intramolecular Hbond substituents is 1. The van der Waals surface area contributed by atoms with Crippen molar-refractivity contribution in [1.29, 1.82) is 0 Å². The van der Waals surface area contributed by atoms with Gasteiger partial charge >= 0.3 is 5.97 Å². The normalized spacial score (nSPS) is 29.4. The van der Waals surface area contributed by atoms with E-state index in [0.29, 0.717) is 12.0 Å². The lowest BCUT2D eigenvalue weighted by molar-refractivity contribution is -0.152. The maximum absolute atomic E-state index is 13.8. The predicted molar refractivity (Wildman–Crippen MR) is 125 cm³/mol. The van der Waals surface area contributed by atoms with Gasteiger partial charge in [-0.1, -0.05) is 80.6 Å². The highest BCUT2D eigenvalue weighted by Crippen LogP contribution is 2.53. The monoisotopic (exact) mass is 462 g/mol. The standard InChI is InChI=1S/C27H30N2O5/c30-20-14-8-7-13-19(20)23-21-22(25(32)29(24(21)31)16-18-11-5-2-6-12-18)27(28-23,26(33)34)15-17-9-3-1-4-10-17/h2,5-8,11-14,17,21-23,28,30H,1,3-4,9-10,15-16H2,(H,33,34). The Hall–Kier alpha value is -3.19. The summed E-state index contributed by atoms with van der Waals surface area (Å²) < 4.78 is 0. The Bertz CT molecular complexity index is 1100. The molecule has 34 heavy (non-hydrogen) atoms. The Kier molecular flexibility index (Phi) is 5.90. The summed E-state index contributed by atoms with van der Waals surface area (Å²) in [5.74, 6) is -3.67. The average molecular weight is 463 g/mol. The van der Waals surface area contributed by atoms with Crippen molar-refractivity contribution >= 4 is 17.8 Å². The Balaban J connectivity index is 1.57. The molecule has 0 aromatic heterocycles. The molecule has 1 saturated carbocycles. The number of amides is 2. The van der Waals surface area contributed by atoms with Crippen LogP contribution in [0.3, 0.4) is 0 Å². The lowest BCUT2D eigenvalue weighted by atomic mass is 9.72. The van der Waals surface area contributed by atoms with E-state index in [-0.39, 0.29) is 24.1 Å². The van der Waals surface area contributed by atoms with Crippen LogP contribution in [0.1, 0.15) is 55.7 Å². The van der Waals surface area contributed by atoms with E-state index >= 15 is 0 Å². The highest BCUT2D eigenvalue weighted by atomic mass is 16.4. The molecule has 0 radical (unpaired) electrons. The largest absolute Gasteiger partial charge is 0.508 e. The fourth-order valence-electron chi connectivity index (χ4n) is 6.32. The smallest absolute Gasteiger partial charge is 0.324 e.